The number of benzene rings is 1. The average molecular weight is 250 g/mol. The Kier molecular flexibility index (Phi) is 5.01. The number of hydrogen-bond donors (Lipinski definition) is 2. The summed E-state index contributed by atoms with van der Waals surface area (Å²) in [5.74, 6) is 1.11. The van der Waals surface area contributed by atoms with Gasteiger partial charge in [-0.2, -0.15) is 0 Å². The summed E-state index contributed by atoms with van der Waals surface area (Å²) in [6, 6.07) is 5.70. The number of ether oxygens (including phenoxy) is 1. The van der Waals surface area contributed by atoms with Crippen molar-refractivity contribution in [3.63, 3.8) is 0 Å². The predicted octanol–water partition coefficient (Wildman–Crippen LogP) is 3.35. The van der Waals surface area contributed by atoms with Crippen LogP contribution in [0.3, 0.4) is 0 Å². The number of methoxy groups -OCH3 is 1. The minimum absolute atomic E-state index is 0.103. The first-order chi connectivity index (χ1) is 8.43. The Labute approximate surface area is 109 Å². The highest BCUT2D eigenvalue weighted by Crippen LogP contribution is 2.28. The van der Waals surface area contributed by atoms with Gasteiger partial charge in [-0.3, -0.25) is 0 Å². The molecule has 0 fully saturated rings. The van der Waals surface area contributed by atoms with E-state index in [1.54, 1.807) is 7.11 Å². The van der Waals surface area contributed by atoms with E-state index in [2.05, 4.69) is 24.5 Å². The van der Waals surface area contributed by atoms with E-state index in [1.807, 2.05) is 32.0 Å². The van der Waals surface area contributed by atoms with Crippen molar-refractivity contribution in [1.29, 1.82) is 0 Å². The maximum Gasteiger partial charge on any atom is 0.319 e. The van der Waals surface area contributed by atoms with E-state index in [0.717, 1.165) is 0 Å². The number of carbonyl (C=O) groups excluding carboxylic acids is 1. The van der Waals surface area contributed by atoms with Crippen LogP contribution >= 0.6 is 0 Å². The predicted molar refractivity (Wildman–Crippen MR) is 74.4 cm³/mol. The van der Waals surface area contributed by atoms with E-state index >= 15 is 0 Å². The normalized spacial score (nSPS) is 10.6. The van der Waals surface area contributed by atoms with Gasteiger partial charge >= 0.3 is 6.03 Å². The minimum Gasteiger partial charge on any atom is -0.495 e. The zero-order valence-electron chi connectivity index (χ0n) is 11.7. The fourth-order valence-corrected chi connectivity index (χ4v) is 1.59. The van der Waals surface area contributed by atoms with Crippen molar-refractivity contribution in [3.05, 3.63) is 23.8 Å². The topological polar surface area (TPSA) is 50.4 Å². The fraction of sp³-hybridized carbons (Fsp3) is 0.500. The maximum atomic E-state index is 11.6. The first-order valence-corrected chi connectivity index (χ1v) is 6.19. The van der Waals surface area contributed by atoms with E-state index in [-0.39, 0.29) is 12.1 Å². The van der Waals surface area contributed by atoms with Gasteiger partial charge in [0.25, 0.3) is 0 Å². The molecule has 2 amide bonds. The molecule has 0 atom stereocenters. The summed E-state index contributed by atoms with van der Waals surface area (Å²) in [6.45, 7) is 8.07. The third kappa shape index (κ3) is 3.95. The molecule has 1 aromatic rings. The van der Waals surface area contributed by atoms with E-state index in [0.29, 0.717) is 17.4 Å². The Morgan fingerprint density at radius 2 is 1.89 bits per heavy atom. The largest absolute Gasteiger partial charge is 0.495 e. The van der Waals surface area contributed by atoms with Crippen LogP contribution in [0.4, 0.5) is 10.5 Å². The third-order valence-corrected chi connectivity index (χ3v) is 2.56. The lowest BCUT2D eigenvalue weighted by molar-refractivity contribution is 0.250. The Balaban J connectivity index is 2.86. The molecular formula is C14H22N2O2. The van der Waals surface area contributed by atoms with Crippen molar-refractivity contribution in [1.82, 2.24) is 5.32 Å². The first kappa shape index (κ1) is 14.4. The lowest BCUT2D eigenvalue weighted by Crippen LogP contribution is -2.34. The molecule has 0 spiro atoms. The van der Waals surface area contributed by atoms with Gasteiger partial charge in [0.15, 0.2) is 0 Å². The zero-order chi connectivity index (χ0) is 13.7. The molecule has 4 heteroatoms. The van der Waals surface area contributed by atoms with Crippen molar-refractivity contribution >= 4 is 11.7 Å². The lowest BCUT2D eigenvalue weighted by atomic mass is 10.0. The van der Waals surface area contributed by atoms with Gasteiger partial charge in [0.2, 0.25) is 0 Å². The third-order valence-electron chi connectivity index (χ3n) is 2.56. The van der Waals surface area contributed by atoms with E-state index in [9.17, 15) is 4.79 Å². The van der Waals surface area contributed by atoms with E-state index in [1.165, 1.54) is 5.56 Å². The monoisotopic (exact) mass is 250 g/mol. The van der Waals surface area contributed by atoms with Crippen LogP contribution in [0.5, 0.6) is 5.75 Å². The SMILES string of the molecule is COc1cc(C(C)C)ccc1NC(=O)NC(C)C. The van der Waals surface area contributed by atoms with Crippen LogP contribution in [-0.2, 0) is 0 Å². The Morgan fingerprint density at radius 1 is 1.22 bits per heavy atom. The zero-order valence-corrected chi connectivity index (χ0v) is 11.7. The summed E-state index contributed by atoms with van der Waals surface area (Å²) in [7, 11) is 1.60. The molecule has 0 bridgehead atoms. The van der Waals surface area contributed by atoms with Gasteiger partial charge in [-0.1, -0.05) is 19.9 Å². The van der Waals surface area contributed by atoms with Crippen molar-refractivity contribution in [2.75, 3.05) is 12.4 Å². The molecular weight excluding hydrogens is 228 g/mol. The van der Waals surface area contributed by atoms with Crippen molar-refractivity contribution < 1.29 is 9.53 Å². The van der Waals surface area contributed by atoms with Crippen LogP contribution in [0.15, 0.2) is 18.2 Å². The second-order valence-electron chi connectivity index (χ2n) is 4.87. The summed E-state index contributed by atoms with van der Waals surface area (Å²) in [5, 5.41) is 5.56. The molecule has 100 valence electrons. The smallest absolute Gasteiger partial charge is 0.319 e. The molecule has 2 N–H and O–H groups in total. The van der Waals surface area contributed by atoms with Crippen molar-refractivity contribution in [3.8, 4) is 5.75 Å². The van der Waals surface area contributed by atoms with Gasteiger partial charge < -0.3 is 15.4 Å². The maximum absolute atomic E-state index is 11.6. The van der Waals surface area contributed by atoms with E-state index in [4.69, 9.17) is 4.74 Å². The number of urea groups is 1. The summed E-state index contributed by atoms with van der Waals surface area (Å²) >= 11 is 0. The molecule has 0 saturated heterocycles. The molecule has 0 aliphatic rings. The molecule has 0 aliphatic carbocycles. The van der Waals surface area contributed by atoms with Crippen LogP contribution in [-0.4, -0.2) is 19.2 Å². The molecule has 18 heavy (non-hydrogen) atoms. The van der Waals surface area contributed by atoms with Crippen LogP contribution in [0.1, 0.15) is 39.2 Å². The lowest BCUT2D eigenvalue weighted by Gasteiger charge is -2.15. The number of nitrogens with one attached hydrogen (secondary N) is 2. The Morgan fingerprint density at radius 3 is 2.39 bits per heavy atom. The summed E-state index contributed by atoms with van der Waals surface area (Å²) in [6.07, 6.45) is 0. The second-order valence-corrected chi connectivity index (χ2v) is 4.87. The highest BCUT2D eigenvalue weighted by atomic mass is 16.5. The van der Waals surface area contributed by atoms with Crippen molar-refractivity contribution in [2.45, 2.75) is 39.7 Å². The number of carbonyl (C=O) groups is 1. The van der Waals surface area contributed by atoms with Crippen LogP contribution in [0, 0.1) is 0 Å². The Bertz CT molecular complexity index is 414. The van der Waals surface area contributed by atoms with E-state index < -0.39 is 0 Å². The quantitative estimate of drug-likeness (QED) is 0.861. The second kappa shape index (κ2) is 6.28. The van der Waals surface area contributed by atoms with Gasteiger partial charge in [-0.25, -0.2) is 4.79 Å². The number of anilines is 1. The molecule has 4 nitrogen and oxygen atoms in total. The van der Waals surface area contributed by atoms with Gasteiger partial charge in [0.1, 0.15) is 5.75 Å². The van der Waals surface area contributed by atoms with Crippen molar-refractivity contribution in [2.24, 2.45) is 0 Å². The number of hydrogen-bond acceptors (Lipinski definition) is 2. The van der Waals surface area contributed by atoms with Crippen LogP contribution < -0.4 is 15.4 Å². The molecule has 0 radical (unpaired) electrons. The van der Waals surface area contributed by atoms with Crippen LogP contribution in [0.25, 0.3) is 0 Å². The van der Waals surface area contributed by atoms with Crippen LogP contribution in [0.2, 0.25) is 0 Å². The standard InChI is InChI=1S/C14H22N2O2/c1-9(2)11-6-7-12(13(8-11)18-5)16-14(17)15-10(3)4/h6-10H,1-5H3,(H2,15,16,17). The summed E-state index contributed by atoms with van der Waals surface area (Å²) < 4.78 is 5.30. The molecule has 1 aromatic carbocycles. The highest BCUT2D eigenvalue weighted by molar-refractivity contribution is 5.91. The molecule has 0 saturated carbocycles. The Hall–Kier alpha value is -1.71. The number of rotatable bonds is 4. The first-order valence-electron chi connectivity index (χ1n) is 6.19. The summed E-state index contributed by atoms with van der Waals surface area (Å²) in [5.41, 5.74) is 1.86. The van der Waals surface area contributed by atoms with Gasteiger partial charge in [-0.05, 0) is 37.5 Å². The minimum atomic E-state index is -0.222. The molecule has 1 rings (SSSR count). The van der Waals surface area contributed by atoms with Gasteiger partial charge in [0, 0.05) is 6.04 Å². The molecule has 0 heterocycles. The molecule has 0 aromatic heterocycles. The molecule has 0 unspecified atom stereocenters. The van der Waals surface area contributed by atoms with Gasteiger partial charge in [-0.15, -0.1) is 0 Å². The highest BCUT2D eigenvalue weighted by Gasteiger charge is 2.10. The molecule has 0 aliphatic heterocycles. The summed E-state index contributed by atoms with van der Waals surface area (Å²) in [4.78, 5) is 11.6. The fourth-order valence-electron chi connectivity index (χ4n) is 1.59. The van der Waals surface area contributed by atoms with Gasteiger partial charge in [0.05, 0.1) is 12.8 Å². The average Bonchev–Trinajstić information content (AvgIpc) is 2.27. The number of amides is 2.